The van der Waals surface area contributed by atoms with Gasteiger partial charge in [0.05, 0.1) is 21.3 Å². The lowest BCUT2D eigenvalue weighted by molar-refractivity contribution is -0.123. The van der Waals surface area contributed by atoms with Crippen molar-refractivity contribution >= 4 is 52.1 Å². The van der Waals surface area contributed by atoms with E-state index < -0.39 is 18.0 Å². The van der Waals surface area contributed by atoms with Gasteiger partial charge >= 0.3 is 5.97 Å². The molecule has 1 amide bonds. The molecular formula is C14H11Cl2NO3S. The van der Waals surface area contributed by atoms with Crippen molar-refractivity contribution < 1.29 is 14.3 Å². The van der Waals surface area contributed by atoms with E-state index in [1.165, 1.54) is 18.3 Å². The van der Waals surface area contributed by atoms with Gasteiger partial charge in [-0.1, -0.05) is 29.3 Å². The van der Waals surface area contributed by atoms with Crippen molar-refractivity contribution in [2.45, 2.75) is 13.0 Å². The summed E-state index contributed by atoms with van der Waals surface area (Å²) in [6.07, 6.45) is -0.968. The van der Waals surface area contributed by atoms with Crippen LogP contribution in [0.2, 0.25) is 10.0 Å². The molecule has 0 aliphatic heterocycles. The van der Waals surface area contributed by atoms with Gasteiger partial charge in [-0.25, -0.2) is 4.79 Å². The average Bonchev–Trinajstić information content (AvgIpc) is 2.97. The number of ether oxygens (including phenoxy) is 1. The molecule has 7 heteroatoms. The fourth-order valence-electron chi connectivity index (χ4n) is 1.50. The SMILES string of the molecule is C[C@@H](OC(=O)c1ccsc1)C(=O)Nc1c(Cl)cccc1Cl. The van der Waals surface area contributed by atoms with E-state index in [2.05, 4.69) is 5.32 Å². The van der Waals surface area contributed by atoms with E-state index in [0.29, 0.717) is 21.3 Å². The number of nitrogens with one attached hydrogen (secondary N) is 1. The minimum absolute atomic E-state index is 0.296. The first-order valence-electron chi connectivity index (χ1n) is 5.97. The molecule has 1 aromatic carbocycles. The van der Waals surface area contributed by atoms with Crippen LogP contribution in [0.25, 0.3) is 0 Å². The maximum atomic E-state index is 12.0. The molecule has 0 aliphatic rings. The molecule has 0 bridgehead atoms. The zero-order valence-corrected chi connectivity index (χ0v) is 13.3. The van der Waals surface area contributed by atoms with Crippen LogP contribution in [0.1, 0.15) is 17.3 Å². The number of benzene rings is 1. The van der Waals surface area contributed by atoms with Crippen LogP contribution >= 0.6 is 34.5 Å². The lowest BCUT2D eigenvalue weighted by Crippen LogP contribution is -2.30. The highest BCUT2D eigenvalue weighted by Gasteiger charge is 2.20. The predicted molar refractivity (Wildman–Crippen MR) is 84.3 cm³/mol. The fraction of sp³-hybridized carbons (Fsp3) is 0.143. The van der Waals surface area contributed by atoms with Crippen LogP contribution < -0.4 is 5.32 Å². The van der Waals surface area contributed by atoms with Crippen molar-refractivity contribution in [2.75, 3.05) is 5.32 Å². The van der Waals surface area contributed by atoms with Crippen LogP contribution in [0, 0.1) is 0 Å². The van der Waals surface area contributed by atoms with Crippen LogP contribution in [0.15, 0.2) is 35.0 Å². The Morgan fingerprint density at radius 3 is 2.48 bits per heavy atom. The fourth-order valence-corrected chi connectivity index (χ4v) is 2.62. The third-order valence-electron chi connectivity index (χ3n) is 2.62. The summed E-state index contributed by atoms with van der Waals surface area (Å²) in [5, 5.41) is 6.58. The Hall–Kier alpha value is -1.56. The largest absolute Gasteiger partial charge is 0.449 e. The summed E-state index contributed by atoms with van der Waals surface area (Å²) in [7, 11) is 0. The molecule has 110 valence electrons. The number of carbonyl (C=O) groups is 2. The lowest BCUT2D eigenvalue weighted by Gasteiger charge is -2.14. The zero-order valence-electron chi connectivity index (χ0n) is 10.9. The molecule has 0 spiro atoms. The van der Waals surface area contributed by atoms with E-state index in [4.69, 9.17) is 27.9 Å². The van der Waals surface area contributed by atoms with Crippen LogP contribution in [-0.2, 0) is 9.53 Å². The van der Waals surface area contributed by atoms with E-state index in [1.54, 1.807) is 35.0 Å². The standard InChI is InChI=1S/C14H11Cl2NO3S/c1-8(20-14(19)9-5-6-21-7-9)13(18)17-12-10(15)3-2-4-11(12)16/h2-8H,1H3,(H,17,18)/t8-/m1/s1. The Morgan fingerprint density at radius 2 is 1.90 bits per heavy atom. The van der Waals surface area contributed by atoms with Gasteiger partial charge in [-0.05, 0) is 30.5 Å². The molecule has 0 saturated carbocycles. The second-order valence-electron chi connectivity index (χ2n) is 4.15. The van der Waals surface area contributed by atoms with Gasteiger partial charge in [0, 0.05) is 5.38 Å². The summed E-state index contributed by atoms with van der Waals surface area (Å²) in [5.74, 6) is -1.06. The molecule has 1 atom stereocenters. The zero-order chi connectivity index (χ0) is 15.4. The van der Waals surface area contributed by atoms with E-state index in [0.717, 1.165) is 0 Å². The Labute approximate surface area is 135 Å². The number of hydrogen-bond acceptors (Lipinski definition) is 4. The number of carbonyl (C=O) groups excluding carboxylic acids is 2. The van der Waals surface area contributed by atoms with E-state index >= 15 is 0 Å². The Balaban J connectivity index is 2.01. The summed E-state index contributed by atoms with van der Waals surface area (Å²) in [6.45, 7) is 1.48. The monoisotopic (exact) mass is 343 g/mol. The Kier molecular flexibility index (Phi) is 5.22. The molecule has 0 saturated heterocycles. The van der Waals surface area contributed by atoms with Crippen LogP contribution in [0.5, 0.6) is 0 Å². The molecule has 0 unspecified atom stereocenters. The first-order valence-corrected chi connectivity index (χ1v) is 7.67. The number of anilines is 1. The van der Waals surface area contributed by atoms with Crippen LogP contribution in [-0.4, -0.2) is 18.0 Å². The molecular weight excluding hydrogens is 333 g/mol. The van der Waals surface area contributed by atoms with E-state index in [-0.39, 0.29) is 0 Å². The van der Waals surface area contributed by atoms with Crippen LogP contribution in [0.3, 0.4) is 0 Å². The summed E-state index contributed by atoms with van der Waals surface area (Å²) >= 11 is 13.3. The highest BCUT2D eigenvalue weighted by Crippen LogP contribution is 2.29. The van der Waals surface area contributed by atoms with Crippen molar-refractivity contribution in [1.29, 1.82) is 0 Å². The number of rotatable bonds is 4. The molecule has 0 aliphatic carbocycles. The first kappa shape index (κ1) is 15.8. The number of halogens is 2. The number of thiophene rings is 1. The first-order chi connectivity index (χ1) is 9.99. The number of hydrogen-bond donors (Lipinski definition) is 1. The molecule has 0 radical (unpaired) electrons. The molecule has 1 aromatic heterocycles. The second-order valence-corrected chi connectivity index (χ2v) is 5.74. The highest BCUT2D eigenvalue weighted by molar-refractivity contribution is 7.08. The van der Waals surface area contributed by atoms with Crippen LogP contribution in [0.4, 0.5) is 5.69 Å². The van der Waals surface area contributed by atoms with Gasteiger partial charge in [-0.15, -0.1) is 0 Å². The predicted octanol–water partition coefficient (Wildman–Crippen LogP) is 4.24. The van der Waals surface area contributed by atoms with Crippen molar-refractivity contribution in [2.24, 2.45) is 0 Å². The van der Waals surface area contributed by atoms with Gasteiger partial charge in [-0.2, -0.15) is 11.3 Å². The van der Waals surface area contributed by atoms with E-state index in [1.807, 2.05) is 0 Å². The van der Waals surface area contributed by atoms with Crippen molar-refractivity contribution in [3.05, 3.63) is 50.6 Å². The summed E-state index contributed by atoms with van der Waals surface area (Å²) in [6, 6.07) is 6.50. The van der Waals surface area contributed by atoms with Gasteiger partial charge < -0.3 is 10.1 Å². The summed E-state index contributed by atoms with van der Waals surface area (Å²) < 4.78 is 5.08. The molecule has 21 heavy (non-hydrogen) atoms. The molecule has 1 N–H and O–H groups in total. The molecule has 0 fully saturated rings. The van der Waals surface area contributed by atoms with Crippen molar-refractivity contribution in [3.63, 3.8) is 0 Å². The Bertz CT molecular complexity index is 638. The third-order valence-corrected chi connectivity index (χ3v) is 3.93. The molecule has 4 nitrogen and oxygen atoms in total. The molecule has 2 rings (SSSR count). The normalized spacial score (nSPS) is 11.8. The average molecular weight is 344 g/mol. The van der Waals surface area contributed by atoms with E-state index in [9.17, 15) is 9.59 Å². The van der Waals surface area contributed by atoms with Gasteiger partial charge in [-0.3, -0.25) is 4.79 Å². The number of esters is 1. The van der Waals surface area contributed by atoms with Crippen molar-refractivity contribution in [3.8, 4) is 0 Å². The molecule has 2 aromatic rings. The lowest BCUT2D eigenvalue weighted by atomic mass is 10.3. The number of amides is 1. The van der Waals surface area contributed by atoms with Gasteiger partial charge in [0.2, 0.25) is 0 Å². The maximum absolute atomic E-state index is 12.0. The van der Waals surface area contributed by atoms with Crippen molar-refractivity contribution in [1.82, 2.24) is 0 Å². The van der Waals surface area contributed by atoms with Gasteiger partial charge in [0.15, 0.2) is 6.10 Å². The minimum Gasteiger partial charge on any atom is -0.449 e. The quantitative estimate of drug-likeness (QED) is 0.844. The maximum Gasteiger partial charge on any atom is 0.339 e. The topological polar surface area (TPSA) is 55.4 Å². The highest BCUT2D eigenvalue weighted by atomic mass is 35.5. The molecule has 1 heterocycles. The minimum atomic E-state index is -0.968. The van der Waals surface area contributed by atoms with Gasteiger partial charge in [0.25, 0.3) is 5.91 Å². The Morgan fingerprint density at radius 1 is 1.24 bits per heavy atom. The number of para-hydroxylation sites is 1. The second kappa shape index (κ2) is 6.93. The van der Waals surface area contributed by atoms with Gasteiger partial charge in [0.1, 0.15) is 0 Å². The summed E-state index contributed by atoms with van der Waals surface area (Å²) in [4.78, 5) is 23.8. The summed E-state index contributed by atoms with van der Waals surface area (Å²) in [5.41, 5.74) is 0.708. The third kappa shape index (κ3) is 3.97. The smallest absolute Gasteiger partial charge is 0.339 e.